The van der Waals surface area contributed by atoms with Crippen molar-refractivity contribution in [1.82, 2.24) is 4.98 Å². The van der Waals surface area contributed by atoms with Crippen LogP contribution in [0.1, 0.15) is 16.1 Å². The quantitative estimate of drug-likeness (QED) is 0.667. The SMILES string of the molecule is CNc1ccc(Oc2ccccc2OC)cc1C(=O)Nc1nc(C)cs1. The van der Waals surface area contributed by atoms with Gasteiger partial charge >= 0.3 is 0 Å². The average Bonchev–Trinajstić information content (AvgIpc) is 3.06. The molecule has 2 aromatic carbocycles. The predicted octanol–water partition coefficient (Wildman–Crippen LogP) is 4.55. The van der Waals surface area contributed by atoms with Gasteiger partial charge in [-0.3, -0.25) is 10.1 Å². The molecule has 0 saturated carbocycles. The molecule has 1 amide bonds. The molecule has 7 heteroatoms. The van der Waals surface area contributed by atoms with E-state index in [1.165, 1.54) is 11.3 Å². The minimum Gasteiger partial charge on any atom is -0.493 e. The van der Waals surface area contributed by atoms with Gasteiger partial charge in [-0.2, -0.15) is 0 Å². The van der Waals surface area contributed by atoms with Crippen LogP contribution in [0.3, 0.4) is 0 Å². The number of ether oxygens (including phenoxy) is 2. The predicted molar refractivity (Wildman–Crippen MR) is 104 cm³/mol. The van der Waals surface area contributed by atoms with Crippen LogP contribution in [-0.4, -0.2) is 25.0 Å². The molecule has 0 aliphatic carbocycles. The fraction of sp³-hybridized carbons (Fsp3) is 0.158. The number of thiazole rings is 1. The number of hydrogen-bond donors (Lipinski definition) is 2. The van der Waals surface area contributed by atoms with Crippen molar-refractivity contribution in [3.63, 3.8) is 0 Å². The summed E-state index contributed by atoms with van der Waals surface area (Å²) in [6.07, 6.45) is 0. The molecule has 1 aromatic heterocycles. The standard InChI is InChI=1S/C19H19N3O3S/c1-12-11-26-19(21-12)22-18(23)14-10-13(8-9-15(14)20-2)25-17-7-5-4-6-16(17)24-3/h4-11,20H,1-3H3,(H,21,22,23). The molecule has 0 fully saturated rings. The Morgan fingerprint density at radius 3 is 2.58 bits per heavy atom. The zero-order valence-corrected chi connectivity index (χ0v) is 15.5. The third kappa shape index (κ3) is 3.94. The van der Waals surface area contributed by atoms with Crippen LogP contribution in [0.5, 0.6) is 17.2 Å². The molecule has 0 spiro atoms. The fourth-order valence-corrected chi connectivity index (χ4v) is 3.08. The molecule has 6 nitrogen and oxygen atoms in total. The van der Waals surface area contributed by atoms with Crippen molar-refractivity contribution in [3.05, 3.63) is 59.1 Å². The van der Waals surface area contributed by atoms with E-state index in [-0.39, 0.29) is 5.91 Å². The van der Waals surface area contributed by atoms with Crippen LogP contribution in [0.4, 0.5) is 10.8 Å². The first-order valence-electron chi connectivity index (χ1n) is 7.97. The summed E-state index contributed by atoms with van der Waals surface area (Å²) in [7, 11) is 3.35. The Balaban J connectivity index is 1.87. The first-order chi connectivity index (χ1) is 12.6. The highest BCUT2D eigenvalue weighted by Gasteiger charge is 2.15. The van der Waals surface area contributed by atoms with Gasteiger partial charge in [0.05, 0.1) is 18.4 Å². The van der Waals surface area contributed by atoms with E-state index < -0.39 is 0 Å². The van der Waals surface area contributed by atoms with Crippen LogP contribution in [-0.2, 0) is 0 Å². The van der Waals surface area contributed by atoms with E-state index in [1.807, 2.05) is 36.6 Å². The molecule has 0 atom stereocenters. The van der Waals surface area contributed by atoms with Gasteiger partial charge in [0.2, 0.25) is 0 Å². The second-order valence-corrected chi connectivity index (χ2v) is 6.32. The summed E-state index contributed by atoms with van der Waals surface area (Å²) < 4.78 is 11.2. The number of carbonyl (C=O) groups excluding carboxylic acids is 1. The van der Waals surface area contributed by atoms with Crippen molar-refractivity contribution in [2.24, 2.45) is 0 Å². The van der Waals surface area contributed by atoms with Crippen LogP contribution in [0.25, 0.3) is 0 Å². The van der Waals surface area contributed by atoms with Crippen molar-refractivity contribution in [2.45, 2.75) is 6.92 Å². The van der Waals surface area contributed by atoms with Crippen LogP contribution in [0, 0.1) is 6.92 Å². The van der Waals surface area contributed by atoms with E-state index in [0.29, 0.717) is 33.6 Å². The lowest BCUT2D eigenvalue weighted by molar-refractivity contribution is 0.102. The zero-order valence-electron chi connectivity index (χ0n) is 14.7. The van der Waals surface area contributed by atoms with Crippen molar-refractivity contribution in [1.29, 1.82) is 0 Å². The number of carbonyl (C=O) groups is 1. The Labute approximate surface area is 155 Å². The molecule has 0 aliphatic heterocycles. The second kappa shape index (κ2) is 7.88. The largest absolute Gasteiger partial charge is 0.493 e. The summed E-state index contributed by atoms with van der Waals surface area (Å²) in [5, 5.41) is 8.28. The number of anilines is 2. The third-order valence-corrected chi connectivity index (χ3v) is 4.52. The van der Waals surface area contributed by atoms with Gasteiger partial charge in [0.1, 0.15) is 5.75 Å². The maximum absolute atomic E-state index is 12.7. The van der Waals surface area contributed by atoms with Crippen molar-refractivity contribution >= 4 is 28.1 Å². The molecule has 0 saturated heterocycles. The van der Waals surface area contributed by atoms with Gasteiger partial charge in [-0.1, -0.05) is 12.1 Å². The minimum absolute atomic E-state index is 0.255. The maximum atomic E-state index is 12.7. The zero-order chi connectivity index (χ0) is 18.5. The van der Waals surface area contributed by atoms with E-state index in [0.717, 1.165) is 5.69 Å². The second-order valence-electron chi connectivity index (χ2n) is 5.46. The number of para-hydroxylation sites is 2. The van der Waals surface area contributed by atoms with Crippen molar-refractivity contribution < 1.29 is 14.3 Å². The Hall–Kier alpha value is -3.06. The Morgan fingerprint density at radius 1 is 1.15 bits per heavy atom. The van der Waals surface area contributed by atoms with Gasteiger partial charge in [0.15, 0.2) is 16.6 Å². The summed E-state index contributed by atoms with van der Waals surface area (Å²) in [5.41, 5.74) is 2.03. The smallest absolute Gasteiger partial charge is 0.259 e. The lowest BCUT2D eigenvalue weighted by Gasteiger charge is -2.13. The normalized spacial score (nSPS) is 10.3. The van der Waals surface area contributed by atoms with Gasteiger partial charge < -0.3 is 14.8 Å². The molecule has 2 N–H and O–H groups in total. The number of amides is 1. The molecule has 3 aromatic rings. The van der Waals surface area contributed by atoms with Crippen LogP contribution >= 0.6 is 11.3 Å². The average molecular weight is 369 g/mol. The molecule has 0 unspecified atom stereocenters. The molecule has 3 rings (SSSR count). The minimum atomic E-state index is -0.255. The monoisotopic (exact) mass is 369 g/mol. The first kappa shape index (κ1) is 17.8. The molecular weight excluding hydrogens is 350 g/mol. The first-order valence-corrected chi connectivity index (χ1v) is 8.85. The molecule has 26 heavy (non-hydrogen) atoms. The summed E-state index contributed by atoms with van der Waals surface area (Å²) in [5.74, 6) is 1.48. The van der Waals surface area contributed by atoms with Crippen LogP contribution in [0.15, 0.2) is 47.8 Å². The summed E-state index contributed by atoms with van der Waals surface area (Å²) in [6.45, 7) is 1.88. The van der Waals surface area contributed by atoms with Crippen LogP contribution < -0.4 is 20.1 Å². The molecule has 0 aliphatic rings. The van der Waals surface area contributed by atoms with Crippen molar-refractivity contribution in [3.8, 4) is 17.2 Å². The number of aryl methyl sites for hydroxylation is 1. The lowest BCUT2D eigenvalue weighted by atomic mass is 10.1. The maximum Gasteiger partial charge on any atom is 0.259 e. The van der Waals surface area contributed by atoms with E-state index in [1.54, 1.807) is 32.4 Å². The number of methoxy groups -OCH3 is 1. The topological polar surface area (TPSA) is 72.5 Å². The van der Waals surface area contributed by atoms with E-state index in [9.17, 15) is 4.79 Å². The Kier molecular flexibility index (Phi) is 5.38. The number of nitrogens with zero attached hydrogens (tertiary/aromatic N) is 1. The number of benzene rings is 2. The van der Waals surface area contributed by atoms with Gasteiger partial charge in [-0.25, -0.2) is 4.98 Å². The highest BCUT2D eigenvalue weighted by molar-refractivity contribution is 7.13. The van der Waals surface area contributed by atoms with Gasteiger partial charge in [-0.15, -0.1) is 11.3 Å². The number of nitrogens with one attached hydrogen (secondary N) is 2. The Morgan fingerprint density at radius 2 is 1.92 bits per heavy atom. The summed E-state index contributed by atoms with van der Waals surface area (Å²) in [4.78, 5) is 16.9. The lowest BCUT2D eigenvalue weighted by Crippen LogP contribution is -2.14. The Bertz CT molecular complexity index is 924. The third-order valence-electron chi connectivity index (χ3n) is 3.64. The number of aromatic nitrogens is 1. The van der Waals surface area contributed by atoms with E-state index >= 15 is 0 Å². The van der Waals surface area contributed by atoms with Gasteiger partial charge in [-0.05, 0) is 37.3 Å². The molecule has 134 valence electrons. The van der Waals surface area contributed by atoms with Gasteiger partial charge in [0.25, 0.3) is 5.91 Å². The highest BCUT2D eigenvalue weighted by Crippen LogP contribution is 2.33. The molecule has 0 radical (unpaired) electrons. The fourth-order valence-electron chi connectivity index (χ4n) is 2.40. The highest BCUT2D eigenvalue weighted by atomic mass is 32.1. The summed E-state index contributed by atoms with van der Waals surface area (Å²) >= 11 is 1.39. The number of rotatable bonds is 6. The van der Waals surface area contributed by atoms with Crippen LogP contribution in [0.2, 0.25) is 0 Å². The molecule has 1 heterocycles. The van der Waals surface area contributed by atoms with Gasteiger partial charge in [0, 0.05) is 18.1 Å². The van der Waals surface area contributed by atoms with E-state index in [2.05, 4.69) is 15.6 Å². The van der Waals surface area contributed by atoms with E-state index in [4.69, 9.17) is 9.47 Å². The van der Waals surface area contributed by atoms with Crippen molar-refractivity contribution in [2.75, 3.05) is 24.8 Å². The molecular formula is C19H19N3O3S. The summed E-state index contributed by atoms with van der Waals surface area (Å²) in [6, 6.07) is 12.6. The molecule has 0 bridgehead atoms. The number of hydrogen-bond acceptors (Lipinski definition) is 6.